The van der Waals surface area contributed by atoms with Gasteiger partial charge >= 0.3 is 0 Å². The van der Waals surface area contributed by atoms with Crippen molar-refractivity contribution in [2.45, 2.75) is 58.0 Å². The van der Waals surface area contributed by atoms with E-state index in [9.17, 15) is 14.4 Å². The molecule has 2 rings (SSSR count). The fraction of sp³-hybridized carbons (Fsp3) is 0.571. The van der Waals surface area contributed by atoms with Crippen LogP contribution in [0.25, 0.3) is 0 Å². The Kier molecular flexibility index (Phi) is 7.99. The van der Waals surface area contributed by atoms with E-state index in [1.807, 2.05) is 25.8 Å². The minimum absolute atomic E-state index is 0.000108. The summed E-state index contributed by atoms with van der Waals surface area (Å²) in [5.74, 6) is -0.695. The van der Waals surface area contributed by atoms with Crippen LogP contribution in [0.5, 0.6) is 0 Å². The number of nitrogens with one attached hydrogen (secondary N) is 2. The summed E-state index contributed by atoms with van der Waals surface area (Å²) in [6.45, 7) is 3.54. The van der Waals surface area contributed by atoms with E-state index in [1.165, 1.54) is 19.3 Å². The summed E-state index contributed by atoms with van der Waals surface area (Å²) in [6, 6.07) is 6.48. The zero-order chi connectivity index (χ0) is 20.7. The molecule has 1 saturated carbocycles. The highest BCUT2D eigenvalue weighted by atomic mass is 16.2. The molecule has 154 valence electrons. The van der Waals surface area contributed by atoms with Crippen LogP contribution in [-0.2, 0) is 9.59 Å². The molecule has 0 aromatic heterocycles. The molecular weight excluding hydrogens is 356 g/mol. The SMILES string of the molecule is CC(C)[C@H](N)C(=O)NCC(=O)Nc1ccc(C(=O)N(C)C2CCCCC2)cc1. The first-order valence-corrected chi connectivity index (χ1v) is 10.00. The van der Waals surface area contributed by atoms with E-state index in [0.717, 1.165) is 12.8 Å². The molecule has 1 aliphatic rings. The number of benzene rings is 1. The van der Waals surface area contributed by atoms with Crippen molar-refractivity contribution in [1.29, 1.82) is 0 Å². The van der Waals surface area contributed by atoms with Gasteiger partial charge in [0.15, 0.2) is 0 Å². The summed E-state index contributed by atoms with van der Waals surface area (Å²) in [5, 5.41) is 5.23. The highest BCUT2D eigenvalue weighted by Crippen LogP contribution is 2.23. The monoisotopic (exact) mass is 388 g/mol. The Bertz CT molecular complexity index is 681. The van der Waals surface area contributed by atoms with Crippen LogP contribution in [0.1, 0.15) is 56.3 Å². The molecule has 0 unspecified atom stereocenters. The number of anilines is 1. The number of carbonyl (C=O) groups excluding carboxylic acids is 3. The molecular formula is C21H32N4O3. The lowest BCUT2D eigenvalue weighted by molar-refractivity contribution is -0.125. The van der Waals surface area contributed by atoms with Crippen molar-refractivity contribution in [2.24, 2.45) is 11.7 Å². The Morgan fingerprint density at radius 3 is 2.29 bits per heavy atom. The largest absolute Gasteiger partial charge is 0.346 e. The lowest BCUT2D eigenvalue weighted by Crippen LogP contribution is -2.46. The summed E-state index contributed by atoms with van der Waals surface area (Å²) < 4.78 is 0. The average molecular weight is 389 g/mol. The second-order valence-corrected chi connectivity index (χ2v) is 7.82. The van der Waals surface area contributed by atoms with Crippen molar-refractivity contribution in [3.8, 4) is 0 Å². The molecule has 1 aliphatic carbocycles. The molecule has 0 bridgehead atoms. The van der Waals surface area contributed by atoms with Gasteiger partial charge in [-0.15, -0.1) is 0 Å². The Hall–Kier alpha value is -2.41. The molecule has 0 saturated heterocycles. The van der Waals surface area contributed by atoms with Gasteiger partial charge in [0.05, 0.1) is 12.6 Å². The summed E-state index contributed by atoms with van der Waals surface area (Å²) >= 11 is 0. The Labute approximate surface area is 167 Å². The molecule has 3 amide bonds. The van der Waals surface area contributed by atoms with E-state index in [0.29, 0.717) is 17.3 Å². The molecule has 1 aromatic rings. The molecule has 1 aromatic carbocycles. The van der Waals surface area contributed by atoms with Crippen molar-refractivity contribution in [3.63, 3.8) is 0 Å². The zero-order valence-corrected chi connectivity index (χ0v) is 17.0. The van der Waals surface area contributed by atoms with Crippen LogP contribution in [0.2, 0.25) is 0 Å². The van der Waals surface area contributed by atoms with Crippen LogP contribution in [-0.4, -0.2) is 48.3 Å². The molecule has 0 spiro atoms. The van der Waals surface area contributed by atoms with Crippen LogP contribution in [0.3, 0.4) is 0 Å². The minimum atomic E-state index is -0.640. The Balaban J connectivity index is 1.85. The molecule has 7 nitrogen and oxygen atoms in total. The molecule has 4 N–H and O–H groups in total. The number of hydrogen-bond donors (Lipinski definition) is 3. The summed E-state index contributed by atoms with van der Waals surface area (Å²) in [4.78, 5) is 38.3. The quantitative estimate of drug-likeness (QED) is 0.665. The average Bonchev–Trinajstić information content (AvgIpc) is 2.71. The first-order valence-electron chi connectivity index (χ1n) is 10.00. The molecule has 1 fully saturated rings. The molecule has 1 atom stereocenters. The van der Waals surface area contributed by atoms with E-state index in [4.69, 9.17) is 5.73 Å². The highest BCUT2D eigenvalue weighted by molar-refractivity contribution is 5.97. The summed E-state index contributed by atoms with van der Waals surface area (Å²) in [6.07, 6.45) is 5.71. The second-order valence-electron chi connectivity index (χ2n) is 7.82. The highest BCUT2D eigenvalue weighted by Gasteiger charge is 2.23. The van der Waals surface area contributed by atoms with E-state index in [-0.39, 0.29) is 30.2 Å². The molecule has 0 radical (unpaired) electrons. The molecule has 28 heavy (non-hydrogen) atoms. The fourth-order valence-corrected chi connectivity index (χ4v) is 3.33. The normalized spacial score (nSPS) is 15.8. The molecule has 7 heteroatoms. The van der Waals surface area contributed by atoms with E-state index >= 15 is 0 Å². The van der Waals surface area contributed by atoms with Crippen LogP contribution >= 0.6 is 0 Å². The van der Waals surface area contributed by atoms with Crippen molar-refractivity contribution in [1.82, 2.24) is 10.2 Å². The third kappa shape index (κ3) is 6.05. The van der Waals surface area contributed by atoms with E-state index < -0.39 is 6.04 Å². The van der Waals surface area contributed by atoms with Gasteiger partial charge in [-0.3, -0.25) is 14.4 Å². The van der Waals surface area contributed by atoms with Gasteiger partial charge in [-0.2, -0.15) is 0 Å². The maximum atomic E-state index is 12.7. The predicted molar refractivity (Wildman–Crippen MR) is 110 cm³/mol. The number of carbonyl (C=O) groups is 3. The van der Waals surface area contributed by atoms with Gasteiger partial charge < -0.3 is 21.3 Å². The van der Waals surface area contributed by atoms with Crippen molar-refractivity contribution in [3.05, 3.63) is 29.8 Å². The standard InChI is InChI=1S/C21H32N4O3/c1-14(2)19(22)20(27)23-13-18(26)24-16-11-9-15(10-12-16)21(28)25(3)17-7-5-4-6-8-17/h9-12,14,17,19H,4-8,13,22H2,1-3H3,(H,23,27)(H,24,26)/t19-/m0/s1. The predicted octanol–water partition coefficient (Wildman–Crippen LogP) is 2.13. The van der Waals surface area contributed by atoms with Crippen molar-refractivity contribution in [2.75, 3.05) is 18.9 Å². The van der Waals surface area contributed by atoms with Gasteiger partial charge in [0.1, 0.15) is 0 Å². The fourth-order valence-electron chi connectivity index (χ4n) is 3.33. The molecule has 0 aliphatic heterocycles. The molecule has 0 heterocycles. The second kappa shape index (κ2) is 10.2. The van der Waals surface area contributed by atoms with Crippen molar-refractivity contribution < 1.29 is 14.4 Å². The topological polar surface area (TPSA) is 105 Å². The van der Waals surface area contributed by atoms with Gasteiger partial charge in [0.2, 0.25) is 11.8 Å². The third-order valence-electron chi connectivity index (χ3n) is 5.30. The number of amides is 3. The van der Waals surface area contributed by atoms with Gasteiger partial charge in [-0.05, 0) is 43.0 Å². The Morgan fingerprint density at radius 1 is 1.11 bits per heavy atom. The first kappa shape index (κ1) is 21.9. The lowest BCUT2D eigenvalue weighted by Gasteiger charge is -2.31. The summed E-state index contributed by atoms with van der Waals surface area (Å²) in [5.41, 5.74) is 6.92. The Morgan fingerprint density at radius 2 is 1.71 bits per heavy atom. The van der Waals surface area contributed by atoms with Crippen molar-refractivity contribution >= 4 is 23.4 Å². The lowest BCUT2D eigenvalue weighted by atomic mass is 9.94. The number of rotatable bonds is 7. The van der Waals surface area contributed by atoms with E-state index in [2.05, 4.69) is 10.6 Å². The van der Waals surface area contributed by atoms with Gasteiger partial charge in [0.25, 0.3) is 5.91 Å². The van der Waals surface area contributed by atoms with Crippen LogP contribution in [0.15, 0.2) is 24.3 Å². The maximum Gasteiger partial charge on any atom is 0.253 e. The zero-order valence-electron chi connectivity index (χ0n) is 17.0. The smallest absolute Gasteiger partial charge is 0.253 e. The van der Waals surface area contributed by atoms with Gasteiger partial charge in [-0.25, -0.2) is 0 Å². The third-order valence-corrected chi connectivity index (χ3v) is 5.30. The number of nitrogens with zero attached hydrogens (tertiary/aromatic N) is 1. The van der Waals surface area contributed by atoms with Gasteiger partial charge in [-0.1, -0.05) is 33.1 Å². The maximum absolute atomic E-state index is 12.7. The van der Waals surface area contributed by atoms with Gasteiger partial charge in [0, 0.05) is 24.3 Å². The number of nitrogens with two attached hydrogens (primary N) is 1. The minimum Gasteiger partial charge on any atom is -0.346 e. The van der Waals surface area contributed by atoms with Crippen LogP contribution in [0.4, 0.5) is 5.69 Å². The van der Waals surface area contributed by atoms with Crippen LogP contribution < -0.4 is 16.4 Å². The van der Waals surface area contributed by atoms with Crippen LogP contribution in [0, 0.1) is 5.92 Å². The summed E-state index contributed by atoms with van der Waals surface area (Å²) in [7, 11) is 1.86. The number of hydrogen-bond acceptors (Lipinski definition) is 4. The first-order chi connectivity index (χ1) is 13.3. The van der Waals surface area contributed by atoms with E-state index in [1.54, 1.807) is 24.3 Å².